The third-order valence-electron chi connectivity index (χ3n) is 4.53. The minimum Gasteiger partial charge on any atom is -0.496 e. The molecule has 0 unspecified atom stereocenters. The Morgan fingerprint density at radius 1 is 1.21 bits per heavy atom. The predicted molar refractivity (Wildman–Crippen MR) is 112 cm³/mol. The number of sulfonamides is 1. The fourth-order valence-corrected chi connectivity index (χ4v) is 5.82. The summed E-state index contributed by atoms with van der Waals surface area (Å²) < 4.78 is 33.8. The number of ether oxygens (including phenoxy) is 1. The van der Waals surface area contributed by atoms with Crippen molar-refractivity contribution in [1.29, 1.82) is 0 Å². The monoisotopic (exact) mass is 420 g/mol. The molecule has 0 bridgehead atoms. The first kappa shape index (κ1) is 20.5. The van der Waals surface area contributed by atoms with Gasteiger partial charge in [0.25, 0.3) is 15.9 Å². The van der Waals surface area contributed by atoms with Crippen molar-refractivity contribution in [3.8, 4) is 5.75 Å². The minimum absolute atomic E-state index is 0.0763. The molecule has 0 saturated heterocycles. The van der Waals surface area contributed by atoms with Crippen LogP contribution < -0.4 is 9.04 Å². The number of rotatable bonds is 4. The molecule has 28 heavy (non-hydrogen) atoms. The summed E-state index contributed by atoms with van der Waals surface area (Å²) in [5.74, 6) is 1.07. The highest BCUT2D eigenvalue weighted by Crippen LogP contribution is 2.38. The molecular formula is C20H24N2O4S2. The van der Waals surface area contributed by atoms with Crippen LogP contribution in [-0.4, -0.2) is 52.7 Å². The second kappa shape index (κ2) is 8.05. The zero-order valence-corrected chi connectivity index (χ0v) is 18.0. The molecule has 0 spiro atoms. The topological polar surface area (TPSA) is 66.9 Å². The molecular weight excluding hydrogens is 396 g/mol. The summed E-state index contributed by atoms with van der Waals surface area (Å²) in [6, 6.07) is 11.9. The summed E-state index contributed by atoms with van der Waals surface area (Å²) in [4.78, 5) is 14.9. The van der Waals surface area contributed by atoms with Crippen LogP contribution in [0.25, 0.3) is 0 Å². The van der Waals surface area contributed by atoms with Crippen molar-refractivity contribution >= 4 is 33.4 Å². The van der Waals surface area contributed by atoms with E-state index in [1.807, 2.05) is 31.2 Å². The number of fused-ring (bicyclic) bond motifs is 1. The molecule has 2 aromatic rings. The molecule has 150 valence electrons. The molecule has 0 saturated carbocycles. The maximum atomic E-state index is 13.5. The SMILES string of the molecule is COc1ccc(S(=O)(=O)N2C[C@@H](C)CSc3ccccc32)cc1C(=O)N(C)C. The van der Waals surface area contributed by atoms with Gasteiger partial charge >= 0.3 is 0 Å². The van der Waals surface area contributed by atoms with Crippen LogP contribution in [0.3, 0.4) is 0 Å². The first-order valence-electron chi connectivity index (χ1n) is 8.90. The number of nitrogens with zero attached hydrogens (tertiary/aromatic N) is 2. The minimum atomic E-state index is -3.84. The highest BCUT2D eigenvalue weighted by molar-refractivity contribution is 7.99. The van der Waals surface area contributed by atoms with E-state index in [-0.39, 0.29) is 22.3 Å². The summed E-state index contributed by atoms with van der Waals surface area (Å²) in [5, 5.41) is 0. The number of carbonyl (C=O) groups is 1. The molecule has 6 nitrogen and oxygen atoms in total. The molecule has 0 radical (unpaired) electrons. The molecule has 1 atom stereocenters. The van der Waals surface area contributed by atoms with Crippen LogP contribution in [0, 0.1) is 5.92 Å². The molecule has 1 heterocycles. The van der Waals surface area contributed by atoms with Gasteiger partial charge in [0.1, 0.15) is 5.75 Å². The van der Waals surface area contributed by atoms with Crippen molar-refractivity contribution < 1.29 is 17.9 Å². The van der Waals surface area contributed by atoms with Gasteiger partial charge in [-0.15, -0.1) is 11.8 Å². The fourth-order valence-electron chi connectivity index (χ4n) is 3.06. The van der Waals surface area contributed by atoms with Crippen LogP contribution in [-0.2, 0) is 10.0 Å². The Balaban J connectivity index is 2.12. The maximum absolute atomic E-state index is 13.5. The lowest BCUT2D eigenvalue weighted by atomic mass is 10.2. The number of benzene rings is 2. The van der Waals surface area contributed by atoms with Gasteiger partial charge in [-0.3, -0.25) is 9.10 Å². The quantitative estimate of drug-likeness (QED) is 0.759. The van der Waals surface area contributed by atoms with E-state index >= 15 is 0 Å². The highest BCUT2D eigenvalue weighted by Gasteiger charge is 2.31. The number of methoxy groups -OCH3 is 1. The van der Waals surface area contributed by atoms with Gasteiger partial charge in [0, 0.05) is 31.3 Å². The van der Waals surface area contributed by atoms with Crippen LogP contribution >= 0.6 is 11.8 Å². The van der Waals surface area contributed by atoms with Crippen molar-refractivity contribution in [3.05, 3.63) is 48.0 Å². The second-order valence-corrected chi connectivity index (χ2v) is 9.91. The third kappa shape index (κ3) is 3.84. The number of hydrogen-bond donors (Lipinski definition) is 0. The summed E-state index contributed by atoms with van der Waals surface area (Å²) in [6.45, 7) is 2.42. The van der Waals surface area contributed by atoms with Crippen molar-refractivity contribution in [2.45, 2.75) is 16.7 Å². The first-order chi connectivity index (χ1) is 13.3. The zero-order chi connectivity index (χ0) is 20.5. The Morgan fingerprint density at radius 2 is 1.93 bits per heavy atom. The number of thioether (sulfide) groups is 1. The van der Waals surface area contributed by atoms with Crippen molar-refractivity contribution in [1.82, 2.24) is 4.90 Å². The Hall–Kier alpha value is -2.19. The molecule has 1 amide bonds. The van der Waals surface area contributed by atoms with Crippen molar-refractivity contribution in [2.24, 2.45) is 5.92 Å². The Kier molecular flexibility index (Phi) is 5.90. The van der Waals surface area contributed by atoms with Gasteiger partial charge in [-0.05, 0) is 36.2 Å². The van der Waals surface area contributed by atoms with E-state index in [4.69, 9.17) is 4.74 Å². The van der Waals surface area contributed by atoms with Crippen LogP contribution in [0.1, 0.15) is 17.3 Å². The van der Waals surface area contributed by atoms with Gasteiger partial charge in [-0.25, -0.2) is 8.42 Å². The maximum Gasteiger partial charge on any atom is 0.264 e. The van der Waals surface area contributed by atoms with E-state index in [1.54, 1.807) is 25.9 Å². The van der Waals surface area contributed by atoms with E-state index in [2.05, 4.69) is 0 Å². The largest absolute Gasteiger partial charge is 0.496 e. The summed E-state index contributed by atoms with van der Waals surface area (Å²) in [7, 11) is 0.849. The average Bonchev–Trinajstić information content (AvgIpc) is 2.86. The van der Waals surface area contributed by atoms with E-state index in [0.717, 1.165) is 10.6 Å². The van der Waals surface area contributed by atoms with Crippen molar-refractivity contribution in [3.63, 3.8) is 0 Å². The lowest BCUT2D eigenvalue weighted by Crippen LogP contribution is -2.35. The fraction of sp³-hybridized carbons (Fsp3) is 0.350. The van der Waals surface area contributed by atoms with Gasteiger partial charge in [0.15, 0.2) is 0 Å². The van der Waals surface area contributed by atoms with Crippen LogP contribution in [0.2, 0.25) is 0 Å². The molecule has 1 aliphatic rings. The zero-order valence-electron chi connectivity index (χ0n) is 16.4. The van der Waals surface area contributed by atoms with Gasteiger partial charge in [0.05, 0.1) is 23.3 Å². The summed E-state index contributed by atoms with van der Waals surface area (Å²) in [5.41, 5.74) is 0.896. The van der Waals surface area contributed by atoms with Gasteiger partial charge in [-0.2, -0.15) is 0 Å². The summed E-state index contributed by atoms with van der Waals surface area (Å²) >= 11 is 1.66. The third-order valence-corrected chi connectivity index (χ3v) is 7.70. The Morgan fingerprint density at radius 3 is 2.61 bits per heavy atom. The van der Waals surface area contributed by atoms with Crippen molar-refractivity contribution in [2.75, 3.05) is 37.8 Å². The van der Waals surface area contributed by atoms with E-state index in [0.29, 0.717) is 18.0 Å². The van der Waals surface area contributed by atoms with Gasteiger partial charge in [-0.1, -0.05) is 19.1 Å². The lowest BCUT2D eigenvalue weighted by molar-refractivity contribution is 0.0824. The van der Waals surface area contributed by atoms with E-state index in [9.17, 15) is 13.2 Å². The van der Waals surface area contributed by atoms with E-state index in [1.165, 1.54) is 34.5 Å². The molecule has 0 fully saturated rings. The molecule has 1 aliphatic heterocycles. The Labute approximate surface area is 170 Å². The number of anilines is 1. The average molecular weight is 421 g/mol. The van der Waals surface area contributed by atoms with Crippen LogP contribution in [0.5, 0.6) is 5.75 Å². The second-order valence-electron chi connectivity index (χ2n) is 6.98. The smallest absolute Gasteiger partial charge is 0.264 e. The predicted octanol–water partition coefficient (Wildman–Crippen LogP) is 3.33. The number of hydrogen-bond acceptors (Lipinski definition) is 5. The molecule has 0 N–H and O–H groups in total. The Bertz CT molecular complexity index is 989. The molecule has 2 aromatic carbocycles. The molecule has 8 heteroatoms. The molecule has 3 rings (SSSR count). The van der Waals surface area contributed by atoms with Gasteiger partial charge in [0.2, 0.25) is 0 Å². The summed E-state index contributed by atoms with van der Waals surface area (Å²) in [6.07, 6.45) is 0. The standard InChI is InChI=1S/C20H24N2O4S2/c1-14-12-22(17-7-5-6-8-19(17)27-13-14)28(24,25)15-9-10-18(26-4)16(11-15)20(23)21(2)3/h5-11,14H,12-13H2,1-4H3/t14-/m1/s1. The van der Waals surface area contributed by atoms with Gasteiger partial charge < -0.3 is 9.64 Å². The number of carbonyl (C=O) groups excluding carboxylic acids is 1. The lowest BCUT2D eigenvalue weighted by Gasteiger charge is -2.26. The number of para-hydroxylation sites is 1. The van der Waals surface area contributed by atoms with Crippen LogP contribution in [0.4, 0.5) is 5.69 Å². The number of amides is 1. The van der Waals surface area contributed by atoms with Crippen LogP contribution in [0.15, 0.2) is 52.3 Å². The first-order valence-corrected chi connectivity index (χ1v) is 11.3. The van der Waals surface area contributed by atoms with E-state index < -0.39 is 10.0 Å². The molecule has 0 aliphatic carbocycles. The normalized spacial score (nSPS) is 16.9. The molecule has 0 aromatic heterocycles. The highest BCUT2D eigenvalue weighted by atomic mass is 32.2.